The Balaban J connectivity index is 1.89. The van der Waals surface area contributed by atoms with Crippen molar-refractivity contribution in [1.29, 1.82) is 0 Å². The highest BCUT2D eigenvalue weighted by molar-refractivity contribution is 7.71. The van der Waals surface area contributed by atoms with Crippen LogP contribution in [0.4, 0.5) is 0 Å². The molecule has 0 aromatic carbocycles. The monoisotopic (exact) mass is 322 g/mol. The third-order valence-corrected chi connectivity index (χ3v) is 6.17. The second kappa shape index (κ2) is 4.76. The minimum absolute atomic E-state index is 0.0601. The summed E-state index contributed by atoms with van der Waals surface area (Å²) < 4.78 is 8.04. The van der Waals surface area contributed by atoms with Crippen molar-refractivity contribution < 1.29 is 4.74 Å². The molecule has 2 aromatic rings. The summed E-state index contributed by atoms with van der Waals surface area (Å²) in [4.78, 5) is 18.5. The lowest BCUT2D eigenvalue weighted by atomic mass is 10.0. The summed E-state index contributed by atoms with van der Waals surface area (Å²) in [5.74, 6) is 0. The number of hydrogen-bond acceptors (Lipinski definition) is 4. The van der Waals surface area contributed by atoms with Gasteiger partial charge >= 0.3 is 0 Å². The second-order valence-electron chi connectivity index (χ2n) is 6.28. The van der Waals surface area contributed by atoms with Gasteiger partial charge in [0.15, 0.2) is 4.77 Å². The lowest BCUT2D eigenvalue weighted by Crippen LogP contribution is -2.35. The molecule has 0 saturated carbocycles. The molecule has 112 valence electrons. The van der Waals surface area contributed by atoms with Gasteiger partial charge in [-0.1, -0.05) is 0 Å². The van der Waals surface area contributed by atoms with Crippen molar-refractivity contribution in [1.82, 2.24) is 9.55 Å². The van der Waals surface area contributed by atoms with Crippen molar-refractivity contribution in [3.05, 3.63) is 25.6 Å². The van der Waals surface area contributed by atoms with E-state index in [1.807, 2.05) is 0 Å². The number of ether oxygens (including phenoxy) is 1. The van der Waals surface area contributed by atoms with Gasteiger partial charge in [0.05, 0.1) is 17.5 Å². The van der Waals surface area contributed by atoms with Gasteiger partial charge in [-0.3, -0.25) is 9.36 Å². The quantitative estimate of drug-likeness (QED) is 0.864. The number of nitrogens with one attached hydrogen (secondary N) is 1. The zero-order valence-electron chi connectivity index (χ0n) is 12.0. The van der Waals surface area contributed by atoms with Gasteiger partial charge in [0.25, 0.3) is 5.56 Å². The Morgan fingerprint density at radius 3 is 3.05 bits per heavy atom. The molecule has 21 heavy (non-hydrogen) atoms. The number of aromatic nitrogens is 2. The van der Waals surface area contributed by atoms with Crippen LogP contribution in [0.2, 0.25) is 0 Å². The minimum Gasteiger partial charge on any atom is -0.373 e. The van der Waals surface area contributed by atoms with E-state index in [9.17, 15) is 4.79 Å². The molecule has 2 aliphatic rings. The fourth-order valence-corrected chi connectivity index (χ4v) is 5.14. The summed E-state index contributed by atoms with van der Waals surface area (Å²) in [6.45, 7) is 3.39. The van der Waals surface area contributed by atoms with E-state index in [2.05, 4.69) is 11.9 Å². The molecule has 4 nitrogen and oxygen atoms in total. The van der Waals surface area contributed by atoms with Crippen LogP contribution in [0.1, 0.15) is 36.6 Å². The molecule has 0 bridgehead atoms. The van der Waals surface area contributed by atoms with E-state index in [0.29, 0.717) is 11.3 Å². The summed E-state index contributed by atoms with van der Waals surface area (Å²) in [5.41, 5.74) is 1.04. The smallest absolute Gasteiger partial charge is 0.263 e. The third-order valence-electron chi connectivity index (χ3n) is 4.64. The van der Waals surface area contributed by atoms with Crippen molar-refractivity contribution in [3.63, 3.8) is 0 Å². The number of nitrogens with zero attached hydrogens (tertiary/aromatic N) is 1. The van der Waals surface area contributed by atoms with Gasteiger partial charge in [-0.15, -0.1) is 11.3 Å². The van der Waals surface area contributed by atoms with Crippen LogP contribution in [0.15, 0.2) is 4.79 Å². The maximum Gasteiger partial charge on any atom is 0.263 e. The Morgan fingerprint density at radius 2 is 2.29 bits per heavy atom. The summed E-state index contributed by atoms with van der Waals surface area (Å²) in [7, 11) is 0. The third kappa shape index (κ3) is 2.12. The van der Waals surface area contributed by atoms with Crippen molar-refractivity contribution in [2.75, 3.05) is 6.61 Å². The van der Waals surface area contributed by atoms with Crippen molar-refractivity contribution in [2.24, 2.45) is 0 Å². The molecular formula is C15H18N2O2S2. The fraction of sp³-hybridized carbons (Fsp3) is 0.600. The first-order chi connectivity index (χ1) is 10.1. The van der Waals surface area contributed by atoms with Gasteiger partial charge in [-0.25, -0.2) is 0 Å². The molecule has 1 unspecified atom stereocenters. The highest BCUT2D eigenvalue weighted by atomic mass is 32.1. The molecular weight excluding hydrogens is 304 g/mol. The van der Waals surface area contributed by atoms with E-state index in [1.54, 1.807) is 15.9 Å². The lowest BCUT2D eigenvalue weighted by molar-refractivity contribution is 0.00508. The number of H-pyrrole nitrogens is 1. The van der Waals surface area contributed by atoms with Crippen LogP contribution in [0.5, 0.6) is 0 Å². The molecule has 6 heteroatoms. The predicted octanol–water partition coefficient (Wildman–Crippen LogP) is 3.18. The summed E-state index contributed by atoms with van der Waals surface area (Å²) in [5, 5.41) is 0.864. The van der Waals surface area contributed by atoms with Gasteiger partial charge in [0, 0.05) is 11.5 Å². The van der Waals surface area contributed by atoms with E-state index < -0.39 is 0 Å². The first-order valence-corrected chi connectivity index (χ1v) is 8.71. The molecule has 1 saturated heterocycles. The summed E-state index contributed by atoms with van der Waals surface area (Å²) in [6, 6.07) is 0. The molecule has 1 fully saturated rings. The van der Waals surface area contributed by atoms with Crippen molar-refractivity contribution in [2.45, 2.75) is 51.2 Å². The zero-order chi connectivity index (χ0) is 14.6. The second-order valence-corrected chi connectivity index (χ2v) is 7.78. The van der Waals surface area contributed by atoms with Crippen LogP contribution >= 0.6 is 23.6 Å². The topological polar surface area (TPSA) is 47.0 Å². The highest BCUT2D eigenvalue weighted by Gasteiger charge is 2.31. The molecule has 3 heterocycles. The first-order valence-electron chi connectivity index (χ1n) is 7.49. The summed E-state index contributed by atoms with van der Waals surface area (Å²) >= 11 is 7.11. The lowest BCUT2D eigenvalue weighted by Gasteiger charge is -2.24. The van der Waals surface area contributed by atoms with Gasteiger partial charge in [0.1, 0.15) is 4.83 Å². The molecule has 1 N–H and O–H groups in total. The Kier molecular flexibility index (Phi) is 3.10. The average Bonchev–Trinajstić information content (AvgIpc) is 3.10. The van der Waals surface area contributed by atoms with E-state index in [4.69, 9.17) is 17.0 Å². The fourth-order valence-electron chi connectivity index (χ4n) is 3.55. The van der Waals surface area contributed by atoms with Gasteiger partial charge in [-0.2, -0.15) is 0 Å². The minimum atomic E-state index is -0.266. The van der Waals surface area contributed by atoms with E-state index >= 15 is 0 Å². The zero-order valence-corrected chi connectivity index (χ0v) is 13.7. The van der Waals surface area contributed by atoms with E-state index in [1.165, 1.54) is 10.4 Å². The van der Waals surface area contributed by atoms with E-state index in [0.717, 1.165) is 48.9 Å². The number of fused-ring (bicyclic) bond motifs is 3. The molecule has 0 amide bonds. The number of rotatable bonds is 2. The standard InChI is InChI=1S/C15H18N2O2S2/c1-15(6-3-7-19-15)8-17-13(18)11-9-4-2-5-10(9)21-12(11)16-14(17)20/h2-8H2,1H3,(H,16,20). The Morgan fingerprint density at radius 1 is 1.43 bits per heavy atom. The Hall–Kier alpha value is -0.980. The molecule has 1 aliphatic heterocycles. The number of thiophene rings is 1. The average molecular weight is 322 g/mol. The molecule has 4 rings (SSSR count). The maximum absolute atomic E-state index is 12.9. The Bertz CT molecular complexity index is 825. The van der Waals surface area contributed by atoms with Crippen LogP contribution in [-0.2, 0) is 24.1 Å². The molecule has 2 aromatic heterocycles. The van der Waals surface area contributed by atoms with Crippen LogP contribution < -0.4 is 5.56 Å². The number of hydrogen-bond donors (Lipinski definition) is 1. The normalized spacial score (nSPS) is 24.8. The van der Waals surface area contributed by atoms with Crippen molar-refractivity contribution in [3.8, 4) is 0 Å². The molecule has 0 spiro atoms. The Labute approximate surface area is 131 Å². The SMILES string of the molecule is CC1(Cn2c(=S)[nH]c3sc4c(c3c2=O)CCC4)CCCO1. The number of aryl methyl sites for hydroxylation is 2. The van der Waals surface area contributed by atoms with Crippen LogP contribution in [0, 0.1) is 4.77 Å². The molecule has 0 radical (unpaired) electrons. The predicted molar refractivity (Wildman–Crippen MR) is 86.9 cm³/mol. The van der Waals surface area contributed by atoms with Crippen molar-refractivity contribution >= 4 is 33.8 Å². The largest absolute Gasteiger partial charge is 0.373 e. The van der Waals surface area contributed by atoms with Crippen LogP contribution in [-0.4, -0.2) is 21.8 Å². The number of aromatic amines is 1. The molecule has 1 atom stereocenters. The van der Waals surface area contributed by atoms with Crippen LogP contribution in [0.25, 0.3) is 10.2 Å². The maximum atomic E-state index is 12.9. The van der Waals surface area contributed by atoms with E-state index in [-0.39, 0.29) is 11.2 Å². The first kappa shape index (κ1) is 13.7. The van der Waals surface area contributed by atoms with Crippen LogP contribution in [0.3, 0.4) is 0 Å². The summed E-state index contributed by atoms with van der Waals surface area (Å²) in [6.07, 6.45) is 5.30. The molecule has 1 aliphatic carbocycles. The highest BCUT2D eigenvalue weighted by Crippen LogP contribution is 2.35. The van der Waals surface area contributed by atoms with Gasteiger partial charge < -0.3 is 9.72 Å². The van der Waals surface area contributed by atoms with Gasteiger partial charge in [-0.05, 0) is 56.8 Å². The van der Waals surface area contributed by atoms with Gasteiger partial charge in [0.2, 0.25) is 0 Å².